The van der Waals surface area contributed by atoms with E-state index in [4.69, 9.17) is 9.47 Å². The molecule has 0 unspecified atom stereocenters. The molecule has 1 aromatic carbocycles. The summed E-state index contributed by atoms with van der Waals surface area (Å²) in [5.74, 6) is 2.68. The number of carbonyl (C=O) groups excluding carboxylic acids is 1. The zero-order valence-corrected chi connectivity index (χ0v) is 14.1. The molecular formula is C18H20N4O3. The third kappa shape index (κ3) is 3.35. The molecule has 0 radical (unpaired) electrons. The Kier molecular flexibility index (Phi) is 4.13. The van der Waals surface area contributed by atoms with Gasteiger partial charge in [0.25, 0.3) is 5.91 Å². The van der Waals surface area contributed by atoms with Crippen LogP contribution in [0.5, 0.6) is 11.5 Å². The van der Waals surface area contributed by atoms with Crippen LogP contribution in [0.25, 0.3) is 0 Å². The molecule has 130 valence electrons. The highest BCUT2D eigenvalue weighted by atomic mass is 16.7. The molecule has 1 amide bonds. The Bertz CT molecular complexity index is 803. The van der Waals surface area contributed by atoms with Crippen LogP contribution in [0.2, 0.25) is 0 Å². The van der Waals surface area contributed by atoms with Crippen molar-refractivity contribution in [2.24, 2.45) is 0 Å². The molecular weight excluding hydrogens is 320 g/mol. The molecule has 2 aromatic rings. The Morgan fingerprint density at radius 1 is 1.16 bits per heavy atom. The zero-order chi connectivity index (χ0) is 17.2. The van der Waals surface area contributed by atoms with Crippen LogP contribution in [0.3, 0.4) is 0 Å². The molecule has 7 heteroatoms. The van der Waals surface area contributed by atoms with Crippen LogP contribution in [-0.2, 0) is 6.54 Å². The van der Waals surface area contributed by atoms with E-state index in [-0.39, 0.29) is 12.7 Å². The molecule has 3 heterocycles. The number of hydrogen-bond acceptors (Lipinski definition) is 6. The van der Waals surface area contributed by atoms with E-state index < -0.39 is 0 Å². The summed E-state index contributed by atoms with van der Waals surface area (Å²) in [6.07, 6.45) is 2.32. The SMILES string of the molecule is Cc1nc(C(=O)NCc2ccc3c(c2)OCO3)cc(N2CCCC2)n1. The highest BCUT2D eigenvalue weighted by Gasteiger charge is 2.18. The second-order valence-electron chi connectivity index (χ2n) is 6.22. The van der Waals surface area contributed by atoms with Crippen molar-refractivity contribution in [1.82, 2.24) is 15.3 Å². The molecule has 4 rings (SSSR count). The number of rotatable bonds is 4. The van der Waals surface area contributed by atoms with Gasteiger partial charge in [0.15, 0.2) is 11.5 Å². The average Bonchev–Trinajstić information content (AvgIpc) is 3.30. The zero-order valence-electron chi connectivity index (χ0n) is 14.1. The van der Waals surface area contributed by atoms with Gasteiger partial charge in [0.05, 0.1) is 0 Å². The lowest BCUT2D eigenvalue weighted by Crippen LogP contribution is -2.26. The Morgan fingerprint density at radius 3 is 2.80 bits per heavy atom. The molecule has 1 aromatic heterocycles. The van der Waals surface area contributed by atoms with Gasteiger partial charge in [-0.3, -0.25) is 4.79 Å². The van der Waals surface area contributed by atoms with Crippen LogP contribution in [0.15, 0.2) is 24.3 Å². The van der Waals surface area contributed by atoms with Crippen LogP contribution in [0, 0.1) is 6.92 Å². The molecule has 25 heavy (non-hydrogen) atoms. The van der Waals surface area contributed by atoms with Crippen molar-refractivity contribution < 1.29 is 14.3 Å². The van der Waals surface area contributed by atoms with E-state index in [0.717, 1.165) is 43.1 Å². The molecule has 0 atom stereocenters. The lowest BCUT2D eigenvalue weighted by Gasteiger charge is -2.17. The van der Waals surface area contributed by atoms with Crippen molar-refractivity contribution in [3.8, 4) is 11.5 Å². The summed E-state index contributed by atoms with van der Waals surface area (Å²) >= 11 is 0. The number of fused-ring (bicyclic) bond motifs is 1. The average molecular weight is 340 g/mol. The van der Waals surface area contributed by atoms with Gasteiger partial charge >= 0.3 is 0 Å². The first-order valence-corrected chi connectivity index (χ1v) is 8.46. The number of aromatic nitrogens is 2. The third-order valence-electron chi connectivity index (χ3n) is 4.38. The minimum Gasteiger partial charge on any atom is -0.454 e. The van der Waals surface area contributed by atoms with Gasteiger partial charge in [0.1, 0.15) is 17.3 Å². The van der Waals surface area contributed by atoms with Gasteiger partial charge in [0, 0.05) is 25.7 Å². The maximum absolute atomic E-state index is 12.5. The van der Waals surface area contributed by atoms with Crippen molar-refractivity contribution in [1.29, 1.82) is 0 Å². The van der Waals surface area contributed by atoms with Crippen LogP contribution < -0.4 is 19.7 Å². The predicted octanol–water partition coefficient (Wildman–Crippen LogP) is 2.04. The summed E-state index contributed by atoms with van der Waals surface area (Å²) in [6.45, 7) is 4.42. The first-order chi connectivity index (χ1) is 12.2. The molecule has 2 aliphatic rings. The number of amides is 1. The summed E-state index contributed by atoms with van der Waals surface area (Å²) < 4.78 is 10.7. The van der Waals surface area contributed by atoms with Gasteiger partial charge in [-0.1, -0.05) is 6.07 Å². The van der Waals surface area contributed by atoms with E-state index >= 15 is 0 Å². The van der Waals surface area contributed by atoms with Crippen molar-refractivity contribution >= 4 is 11.7 Å². The lowest BCUT2D eigenvalue weighted by molar-refractivity contribution is 0.0945. The second-order valence-corrected chi connectivity index (χ2v) is 6.22. The molecule has 1 fully saturated rings. The van der Waals surface area contributed by atoms with Crippen molar-refractivity contribution in [2.75, 3.05) is 24.8 Å². The molecule has 0 bridgehead atoms. The Balaban J connectivity index is 1.45. The summed E-state index contributed by atoms with van der Waals surface area (Å²) in [5.41, 5.74) is 1.35. The Labute approximate surface area is 146 Å². The second kappa shape index (κ2) is 6.58. The van der Waals surface area contributed by atoms with Crippen LogP contribution >= 0.6 is 0 Å². The van der Waals surface area contributed by atoms with Crippen molar-refractivity contribution in [3.63, 3.8) is 0 Å². The highest BCUT2D eigenvalue weighted by Crippen LogP contribution is 2.32. The number of hydrogen-bond donors (Lipinski definition) is 1. The van der Waals surface area contributed by atoms with Gasteiger partial charge in [0.2, 0.25) is 6.79 Å². The van der Waals surface area contributed by atoms with Crippen LogP contribution in [-0.4, -0.2) is 35.8 Å². The molecule has 0 saturated carbocycles. The van der Waals surface area contributed by atoms with E-state index in [1.807, 2.05) is 25.1 Å². The summed E-state index contributed by atoms with van der Waals surface area (Å²) in [4.78, 5) is 23.4. The number of benzene rings is 1. The summed E-state index contributed by atoms with van der Waals surface area (Å²) in [5, 5.41) is 2.91. The number of carbonyl (C=O) groups is 1. The Hall–Kier alpha value is -2.83. The topological polar surface area (TPSA) is 76.6 Å². The van der Waals surface area contributed by atoms with E-state index in [9.17, 15) is 4.79 Å². The van der Waals surface area contributed by atoms with Crippen molar-refractivity contribution in [3.05, 3.63) is 41.3 Å². The van der Waals surface area contributed by atoms with Crippen molar-refractivity contribution in [2.45, 2.75) is 26.3 Å². The maximum atomic E-state index is 12.5. The van der Waals surface area contributed by atoms with Gasteiger partial charge < -0.3 is 19.7 Å². The Morgan fingerprint density at radius 2 is 1.96 bits per heavy atom. The fraction of sp³-hybridized carbons (Fsp3) is 0.389. The number of aryl methyl sites for hydroxylation is 1. The first kappa shape index (κ1) is 15.7. The number of anilines is 1. The van der Waals surface area contributed by atoms with Gasteiger partial charge in [-0.05, 0) is 37.5 Å². The minimum atomic E-state index is -0.205. The van der Waals surface area contributed by atoms with E-state index in [1.165, 1.54) is 0 Å². The monoisotopic (exact) mass is 340 g/mol. The highest BCUT2D eigenvalue weighted by molar-refractivity contribution is 5.92. The fourth-order valence-corrected chi connectivity index (χ4v) is 3.10. The van der Waals surface area contributed by atoms with E-state index in [0.29, 0.717) is 23.8 Å². The minimum absolute atomic E-state index is 0.205. The summed E-state index contributed by atoms with van der Waals surface area (Å²) in [7, 11) is 0. The van der Waals surface area contributed by atoms with Gasteiger partial charge in [-0.2, -0.15) is 0 Å². The molecule has 0 aliphatic carbocycles. The predicted molar refractivity (Wildman–Crippen MR) is 92.0 cm³/mol. The number of nitrogens with one attached hydrogen (secondary N) is 1. The standard InChI is InChI=1S/C18H20N4O3/c1-12-20-14(9-17(21-12)22-6-2-3-7-22)18(23)19-10-13-4-5-15-16(8-13)25-11-24-15/h4-5,8-9H,2-3,6-7,10-11H2,1H3,(H,19,23). The maximum Gasteiger partial charge on any atom is 0.270 e. The number of nitrogens with zero attached hydrogens (tertiary/aromatic N) is 3. The molecule has 7 nitrogen and oxygen atoms in total. The van der Waals surface area contributed by atoms with Crippen LogP contribution in [0.1, 0.15) is 34.7 Å². The molecule has 2 aliphatic heterocycles. The molecule has 0 spiro atoms. The largest absolute Gasteiger partial charge is 0.454 e. The molecule has 1 N–H and O–H groups in total. The lowest BCUT2D eigenvalue weighted by atomic mass is 10.2. The summed E-state index contributed by atoms with van der Waals surface area (Å²) in [6, 6.07) is 7.41. The third-order valence-corrected chi connectivity index (χ3v) is 4.38. The first-order valence-electron chi connectivity index (χ1n) is 8.46. The van der Waals surface area contributed by atoms with Gasteiger partial charge in [-0.15, -0.1) is 0 Å². The fourth-order valence-electron chi connectivity index (χ4n) is 3.10. The molecule has 1 saturated heterocycles. The smallest absolute Gasteiger partial charge is 0.270 e. The number of ether oxygens (including phenoxy) is 2. The quantitative estimate of drug-likeness (QED) is 0.918. The van der Waals surface area contributed by atoms with Crippen LogP contribution in [0.4, 0.5) is 5.82 Å². The van der Waals surface area contributed by atoms with E-state index in [2.05, 4.69) is 20.2 Å². The van der Waals surface area contributed by atoms with Gasteiger partial charge in [-0.25, -0.2) is 9.97 Å². The van der Waals surface area contributed by atoms with E-state index in [1.54, 1.807) is 6.07 Å². The normalized spacial score (nSPS) is 15.5.